The molecule has 0 saturated carbocycles. The van der Waals surface area contributed by atoms with E-state index in [1.165, 1.54) is 7.11 Å². The SMILES string of the molecule is COC(=O)CN(C(C)C)S(=O)(=O)Cl. The van der Waals surface area contributed by atoms with E-state index in [1.54, 1.807) is 13.8 Å². The standard InChI is InChI=1S/C6H12ClNO4S/c1-5(2)8(13(7,10)11)4-6(9)12-3/h5H,4H2,1-3H3. The molecule has 0 bridgehead atoms. The van der Waals surface area contributed by atoms with Crippen molar-refractivity contribution < 1.29 is 17.9 Å². The van der Waals surface area contributed by atoms with E-state index in [-0.39, 0.29) is 12.6 Å². The summed E-state index contributed by atoms with van der Waals surface area (Å²) in [4.78, 5) is 10.8. The molecule has 78 valence electrons. The molecule has 0 aliphatic rings. The lowest BCUT2D eigenvalue weighted by atomic mass is 10.4. The molecule has 7 heteroatoms. The minimum absolute atomic E-state index is 0.361. The van der Waals surface area contributed by atoms with Gasteiger partial charge >= 0.3 is 15.2 Å². The van der Waals surface area contributed by atoms with Crippen molar-refractivity contribution in [2.24, 2.45) is 0 Å². The quantitative estimate of drug-likeness (QED) is 0.516. The molecule has 0 aromatic rings. The summed E-state index contributed by atoms with van der Waals surface area (Å²) >= 11 is 0. The average Bonchev–Trinajstić information content (AvgIpc) is 1.96. The Morgan fingerprint density at radius 2 is 2.00 bits per heavy atom. The van der Waals surface area contributed by atoms with E-state index in [0.717, 1.165) is 4.31 Å². The maximum Gasteiger partial charge on any atom is 0.321 e. The van der Waals surface area contributed by atoms with Crippen molar-refractivity contribution in [3.8, 4) is 0 Å². The number of hydrogen-bond acceptors (Lipinski definition) is 4. The van der Waals surface area contributed by atoms with Crippen molar-refractivity contribution in [2.45, 2.75) is 19.9 Å². The van der Waals surface area contributed by atoms with Crippen LogP contribution >= 0.6 is 10.7 Å². The van der Waals surface area contributed by atoms with Gasteiger partial charge in [-0.3, -0.25) is 4.79 Å². The molecule has 13 heavy (non-hydrogen) atoms. The summed E-state index contributed by atoms with van der Waals surface area (Å²) in [5.41, 5.74) is 0. The molecular formula is C6H12ClNO4S. The number of ether oxygens (including phenoxy) is 1. The molecule has 0 amide bonds. The fourth-order valence-electron chi connectivity index (χ4n) is 0.703. The van der Waals surface area contributed by atoms with Gasteiger partial charge in [-0.05, 0) is 13.8 Å². The summed E-state index contributed by atoms with van der Waals surface area (Å²) in [6.07, 6.45) is 0. The Balaban J connectivity index is 4.56. The van der Waals surface area contributed by atoms with Gasteiger partial charge in [-0.2, -0.15) is 12.7 Å². The molecule has 0 aliphatic carbocycles. The smallest absolute Gasteiger partial charge is 0.321 e. The molecular weight excluding hydrogens is 218 g/mol. The number of hydrogen-bond donors (Lipinski definition) is 0. The zero-order valence-corrected chi connectivity index (χ0v) is 9.22. The molecule has 0 aromatic heterocycles. The van der Waals surface area contributed by atoms with Crippen LogP contribution in [-0.4, -0.2) is 38.4 Å². The Labute approximate surface area is 82.2 Å². The fourth-order valence-corrected chi connectivity index (χ4v) is 2.09. The Hall–Kier alpha value is -0.330. The van der Waals surface area contributed by atoms with E-state index in [0.29, 0.717) is 0 Å². The first kappa shape index (κ1) is 12.7. The van der Waals surface area contributed by atoms with Gasteiger partial charge in [-0.25, -0.2) is 0 Å². The van der Waals surface area contributed by atoms with Crippen molar-refractivity contribution in [2.75, 3.05) is 13.7 Å². The van der Waals surface area contributed by atoms with Gasteiger partial charge in [0.1, 0.15) is 6.54 Å². The Morgan fingerprint density at radius 1 is 1.54 bits per heavy atom. The molecule has 0 fully saturated rings. The average molecular weight is 230 g/mol. The zero-order chi connectivity index (χ0) is 10.6. The highest BCUT2D eigenvalue weighted by atomic mass is 35.7. The van der Waals surface area contributed by atoms with Gasteiger partial charge in [-0.15, -0.1) is 0 Å². The lowest BCUT2D eigenvalue weighted by Crippen LogP contribution is -2.38. The second-order valence-electron chi connectivity index (χ2n) is 2.66. The third-order valence-corrected chi connectivity index (χ3v) is 3.01. The van der Waals surface area contributed by atoms with Crippen LogP contribution in [0.25, 0.3) is 0 Å². The second-order valence-corrected chi connectivity index (χ2v) is 5.12. The lowest BCUT2D eigenvalue weighted by molar-refractivity contribution is -0.141. The first-order valence-electron chi connectivity index (χ1n) is 3.57. The van der Waals surface area contributed by atoms with Crippen LogP contribution in [0.5, 0.6) is 0 Å². The van der Waals surface area contributed by atoms with Crippen LogP contribution in [0, 0.1) is 0 Å². The van der Waals surface area contributed by atoms with Gasteiger partial charge in [0.15, 0.2) is 0 Å². The first-order valence-corrected chi connectivity index (χ1v) is 5.84. The molecule has 0 heterocycles. The van der Waals surface area contributed by atoms with Crippen LogP contribution in [0.3, 0.4) is 0 Å². The number of carbonyl (C=O) groups excluding carboxylic acids is 1. The van der Waals surface area contributed by atoms with Crippen molar-refractivity contribution in [3.05, 3.63) is 0 Å². The van der Waals surface area contributed by atoms with E-state index in [9.17, 15) is 13.2 Å². The number of rotatable bonds is 4. The second kappa shape index (κ2) is 4.78. The molecule has 0 rings (SSSR count). The molecule has 0 saturated heterocycles. The van der Waals surface area contributed by atoms with Gasteiger partial charge in [0.2, 0.25) is 0 Å². The maximum absolute atomic E-state index is 10.9. The van der Waals surface area contributed by atoms with Crippen molar-refractivity contribution in [1.82, 2.24) is 4.31 Å². The molecule has 0 N–H and O–H groups in total. The molecule has 0 radical (unpaired) electrons. The van der Waals surface area contributed by atoms with Gasteiger partial charge in [-0.1, -0.05) is 0 Å². The molecule has 0 atom stereocenters. The normalized spacial score (nSPS) is 12.2. The number of esters is 1. The van der Waals surface area contributed by atoms with Gasteiger partial charge in [0.25, 0.3) is 0 Å². The molecule has 0 spiro atoms. The van der Waals surface area contributed by atoms with Crippen LogP contribution in [0.15, 0.2) is 0 Å². The van der Waals surface area contributed by atoms with E-state index in [2.05, 4.69) is 4.74 Å². The number of methoxy groups -OCH3 is 1. The highest BCUT2D eigenvalue weighted by Gasteiger charge is 2.25. The highest BCUT2D eigenvalue weighted by Crippen LogP contribution is 2.10. The number of nitrogens with zero attached hydrogens (tertiary/aromatic N) is 1. The molecule has 0 aromatic carbocycles. The van der Waals surface area contributed by atoms with E-state index < -0.39 is 15.2 Å². The van der Waals surface area contributed by atoms with Gasteiger partial charge in [0.05, 0.1) is 7.11 Å². The molecule has 0 aliphatic heterocycles. The third kappa shape index (κ3) is 4.44. The number of carbonyl (C=O) groups is 1. The van der Waals surface area contributed by atoms with Crippen LogP contribution in [-0.2, 0) is 18.8 Å². The summed E-state index contributed by atoms with van der Waals surface area (Å²) in [5, 5.41) is 0. The summed E-state index contributed by atoms with van der Waals surface area (Å²) < 4.78 is 27.0. The van der Waals surface area contributed by atoms with Crippen LogP contribution in [0.1, 0.15) is 13.8 Å². The van der Waals surface area contributed by atoms with Crippen molar-refractivity contribution in [1.29, 1.82) is 0 Å². The molecule has 5 nitrogen and oxygen atoms in total. The monoisotopic (exact) mass is 229 g/mol. The zero-order valence-electron chi connectivity index (χ0n) is 7.65. The van der Waals surface area contributed by atoms with E-state index >= 15 is 0 Å². The predicted octanol–water partition coefficient (Wildman–Crippen LogP) is 0.353. The Kier molecular flexibility index (Phi) is 4.66. The summed E-state index contributed by atoms with van der Waals surface area (Å²) in [5.74, 6) is -0.641. The van der Waals surface area contributed by atoms with Gasteiger partial charge < -0.3 is 4.74 Å². The minimum Gasteiger partial charge on any atom is -0.468 e. The Bertz CT molecular complexity index is 274. The largest absolute Gasteiger partial charge is 0.468 e. The summed E-state index contributed by atoms with van der Waals surface area (Å²) in [7, 11) is 2.40. The van der Waals surface area contributed by atoms with E-state index in [1.807, 2.05) is 0 Å². The molecule has 0 unspecified atom stereocenters. The first-order chi connectivity index (χ1) is 5.79. The number of halogens is 1. The van der Waals surface area contributed by atoms with Gasteiger partial charge in [0, 0.05) is 16.7 Å². The van der Waals surface area contributed by atoms with Crippen LogP contribution < -0.4 is 0 Å². The van der Waals surface area contributed by atoms with Crippen LogP contribution in [0.2, 0.25) is 0 Å². The van der Waals surface area contributed by atoms with Crippen molar-refractivity contribution >= 4 is 25.9 Å². The van der Waals surface area contributed by atoms with E-state index in [4.69, 9.17) is 10.7 Å². The minimum atomic E-state index is -3.86. The predicted molar refractivity (Wildman–Crippen MR) is 48.6 cm³/mol. The topological polar surface area (TPSA) is 63.7 Å². The summed E-state index contributed by atoms with van der Waals surface area (Å²) in [6.45, 7) is 2.87. The van der Waals surface area contributed by atoms with Crippen molar-refractivity contribution in [3.63, 3.8) is 0 Å². The fraction of sp³-hybridized carbons (Fsp3) is 0.833. The Morgan fingerprint density at radius 3 is 2.23 bits per heavy atom. The third-order valence-electron chi connectivity index (χ3n) is 1.37. The maximum atomic E-state index is 10.9. The highest BCUT2D eigenvalue weighted by molar-refractivity contribution is 8.11. The van der Waals surface area contributed by atoms with Crippen LogP contribution in [0.4, 0.5) is 0 Å². The summed E-state index contributed by atoms with van der Waals surface area (Å²) in [6, 6.07) is -0.374. The lowest BCUT2D eigenvalue weighted by Gasteiger charge is -2.20.